The Balaban J connectivity index is 2.59. The van der Waals surface area contributed by atoms with Crippen LogP contribution in [0.3, 0.4) is 0 Å². The number of likely N-dealkylation sites (tertiary alicyclic amines) is 1. The van der Waals surface area contributed by atoms with Gasteiger partial charge in [0.2, 0.25) is 0 Å². The molecule has 0 amide bonds. The minimum absolute atomic E-state index is 0.637. The molecule has 2 heteroatoms. The molecule has 0 saturated carbocycles. The average molecular weight is 212 g/mol. The molecule has 0 aromatic heterocycles. The lowest BCUT2D eigenvalue weighted by Crippen LogP contribution is -2.53. The molecular weight excluding hydrogens is 184 g/mol. The lowest BCUT2D eigenvalue weighted by molar-refractivity contribution is 0.0661. The highest BCUT2D eigenvalue weighted by molar-refractivity contribution is 4.86. The monoisotopic (exact) mass is 212 g/mol. The van der Waals surface area contributed by atoms with Gasteiger partial charge in [-0.3, -0.25) is 4.90 Å². The van der Waals surface area contributed by atoms with Crippen molar-refractivity contribution in [2.75, 3.05) is 13.6 Å². The van der Waals surface area contributed by atoms with E-state index >= 15 is 0 Å². The smallest absolute Gasteiger partial charge is 0.0223 e. The molecule has 2 nitrogen and oxygen atoms in total. The van der Waals surface area contributed by atoms with Gasteiger partial charge in [-0.05, 0) is 46.1 Å². The highest BCUT2D eigenvalue weighted by Crippen LogP contribution is 2.24. The standard InChI is InChI=1S/C13H28N2/c1-6-13(14-5)12(4)15-9-10(2)7-8-11(15)3/h10-14H,6-9H2,1-5H3. The van der Waals surface area contributed by atoms with E-state index in [1.54, 1.807) is 0 Å². The van der Waals surface area contributed by atoms with E-state index in [0.717, 1.165) is 12.0 Å². The zero-order chi connectivity index (χ0) is 11.4. The van der Waals surface area contributed by atoms with Gasteiger partial charge < -0.3 is 5.32 Å². The van der Waals surface area contributed by atoms with Crippen LogP contribution in [-0.2, 0) is 0 Å². The van der Waals surface area contributed by atoms with Crippen molar-refractivity contribution in [1.29, 1.82) is 0 Å². The van der Waals surface area contributed by atoms with Crippen molar-refractivity contribution in [3.8, 4) is 0 Å². The third-order valence-corrected chi connectivity index (χ3v) is 4.08. The second kappa shape index (κ2) is 5.86. The summed E-state index contributed by atoms with van der Waals surface area (Å²) in [4.78, 5) is 2.69. The molecule has 1 heterocycles. The first-order valence-electron chi connectivity index (χ1n) is 6.53. The summed E-state index contributed by atoms with van der Waals surface area (Å²) >= 11 is 0. The van der Waals surface area contributed by atoms with Crippen LogP contribution in [0.5, 0.6) is 0 Å². The summed E-state index contributed by atoms with van der Waals surface area (Å²) in [5, 5.41) is 3.44. The summed E-state index contributed by atoms with van der Waals surface area (Å²) in [6, 6.07) is 2.06. The molecule has 0 spiro atoms. The predicted molar refractivity (Wildman–Crippen MR) is 67.2 cm³/mol. The number of hydrogen-bond donors (Lipinski definition) is 1. The Morgan fingerprint density at radius 1 is 1.33 bits per heavy atom. The van der Waals surface area contributed by atoms with Crippen molar-refractivity contribution in [2.24, 2.45) is 5.92 Å². The van der Waals surface area contributed by atoms with Crippen molar-refractivity contribution in [2.45, 2.75) is 65.1 Å². The first-order chi connectivity index (χ1) is 7.10. The molecule has 0 bridgehead atoms. The van der Waals surface area contributed by atoms with Crippen LogP contribution in [0.2, 0.25) is 0 Å². The summed E-state index contributed by atoms with van der Waals surface area (Å²) in [6.45, 7) is 10.7. The Morgan fingerprint density at radius 3 is 2.53 bits per heavy atom. The molecule has 4 atom stereocenters. The summed E-state index contributed by atoms with van der Waals surface area (Å²) in [5.74, 6) is 0.873. The van der Waals surface area contributed by atoms with Crippen LogP contribution < -0.4 is 5.32 Å². The maximum absolute atomic E-state index is 3.44. The van der Waals surface area contributed by atoms with Crippen LogP contribution in [0, 0.1) is 5.92 Å². The van der Waals surface area contributed by atoms with Gasteiger partial charge in [-0.15, -0.1) is 0 Å². The molecule has 0 radical (unpaired) electrons. The quantitative estimate of drug-likeness (QED) is 0.770. The van der Waals surface area contributed by atoms with Crippen LogP contribution in [0.1, 0.15) is 47.0 Å². The second-order valence-corrected chi connectivity index (χ2v) is 5.27. The highest BCUT2D eigenvalue weighted by atomic mass is 15.2. The van der Waals surface area contributed by atoms with E-state index in [1.807, 2.05) is 0 Å². The van der Waals surface area contributed by atoms with E-state index in [2.05, 4.69) is 45.0 Å². The third kappa shape index (κ3) is 3.18. The lowest BCUT2D eigenvalue weighted by atomic mass is 9.92. The predicted octanol–water partition coefficient (Wildman–Crippen LogP) is 2.49. The molecule has 1 fully saturated rings. The lowest BCUT2D eigenvalue weighted by Gasteiger charge is -2.43. The van der Waals surface area contributed by atoms with Crippen LogP contribution in [0.25, 0.3) is 0 Å². The third-order valence-electron chi connectivity index (χ3n) is 4.08. The molecule has 0 aromatic rings. The summed E-state index contributed by atoms with van der Waals surface area (Å²) in [7, 11) is 2.09. The average Bonchev–Trinajstić information content (AvgIpc) is 2.23. The molecule has 1 aliphatic rings. The SMILES string of the molecule is CCC(NC)C(C)N1CC(C)CCC1C. The van der Waals surface area contributed by atoms with E-state index in [4.69, 9.17) is 0 Å². The molecule has 0 aliphatic carbocycles. The fourth-order valence-electron chi connectivity index (χ4n) is 2.91. The topological polar surface area (TPSA) is 15.3 Å². The normalized spacial score (nSPS) is 32.6. The maximum atomic E-state index is 3.44. The minimum Gasteiger partial charge on any atom is -0.315 e. The van der Waals surface area contributed by atoms with E-state index in [1.165, 1.54) is 25.8 Å². The second-order valence-electron chi connectivity index (χ2n) is 5.27. The first kappa shape index (κ1) is 13.0. The Hall–Kier alpha value is -0.0800. The van der Waals surface area contributed by atoms with Gasteiger partial charge in [0.25, 0.3) is 0 Å². The Labute approximate surface area is 95.4 Å². The van der Waals surface area contributed by atoms with E-state index in [0.29, 0.717) is 12.1 Å². The van der Waals surface area contributed by atoms with Crippen molar-refractivity contribution < 1.29 is 0 Å². The molecule has 1 rings (SSSR count). The summed E-state index contributed by atoms with van der Waals surface area (Å²) < 4.78 is 0. The van der Waals surface area contributed by atoms with Gasteiger partial charge in [0.1, 0.15) is 0 Å². The molecular formula is C13H28N2. The largest absolute Gasteiger partial charge is 0.315 e. The maximum Gasteiger partial charge on any atom is 0.0223 e. The summed E-state index contributed by atoms with van der Waals surface area (Å²) in [5.41, 5.74) is 0. The zero-order valence-electron chi connectivity index (χ0n) is 11.1. The van der Waals surface area contributed by atoms with E-state index < -0.39 is 0 Å². The number of piperidine rings is 1. The molecule has 0 aromatic carbocycles. The van der Waals surface area contributed by atoms with E-state index in [-0.39, 0.29) is 0 Å². The van der Waals surface area contributed by atoms with Crippen LogP contribution >= 0.6 is 0 Å². The van der Waals surface area contributed by atoms with Gasteiger partial charge in [-0.1, -0.05) is 13.8 Å². The van der Waals surface area contributed by atoms with Gasteiger partial charge >= 0.3 is 0 Å². The molecule has 4 unspecified atom stereocenters. The Bertz CT molecular complexity index is 177. The van der Waals surface area contributed by atoms with Crippen LogP contribution in [0.15, 0.2) is 0 Å². The van der Waals surface area contributed by atoms with Gasteiger partial charge in [-0.2, -0.15) is 0 Å². The number of nitrogens with one attached hydrogen (secondary N) is 1. The zero-order valence-corrected chi connectivity index (χ0v) is 11.1. The number of hydrogen-bond acceptors (Lipinski definition) is 2. The molecule has 15 heavy (non-hydrogen) atoms. The Morgan fingerprint density at radius 2 is 2.00 bits per heavy atom. The van der Waals surface area contributed by atoms with Crippen molar-refractivity contribution in [1.82, 2.24) is 10.2 Å². The van der Waals surface area contributed by atoms with E-state index in [9.17, 15) is 0 Å². The highest BCUT2D eigenvalue weighted by Gasteiger charge is 2.29. The number of rotatable bonds is 4. The van der Waals surface area contributed by atoms with Crippen molar-refractivity contribution in [3.05, 3.63) is 0 Å². The first-order valence-corrected chi connectivity index (χ1v) is 6.53. The number of likely N-dealkylation sites (N-methyl/N-ethyl adjacent to an activating group) is 1. The molecule has 90 valence electrons. The summed E-state index contributed by atoms with van der Waals surface area (Å²) in [6.07, 6.45) is 3.99. The van der Waals surface area contributed by atoms with Crippen LogP contribution in [0.4, 0.5) is 0 Å². The minimum atomic E-state index is 0.637. The molecule has 1 N–H and O–H groups in total. The van der Waals surface area contributed by atoms with Gasteiger partial charge in [0.15, 0.2) is 0 Å². The van der Waals surface area contributed by atoms with Crippen LogP contribution in [-0.4, -0.2) is 36.6 Å². The van der Waals surface area contributed by atoms with Crippen molar-refractivity contribution in [3.63, 3.8) is 0 Å². The van der Waals surface area contributed by atoms with Crippen molar-refractivity contribution >= 4 is 0 Å². The van der Waals surface area contributed by atoms with Gasteiger partial charge in [0, 0.05) is 24.7 Å². The molecule has 1 aliphatic heterocycles. The molecule has 1 saturated heterocycles. The fraction of sp³-hybridized carbons (Fsp3) is 1.00. The van der Waals surface area contributed by atoms with Gasteiger partial charge in [0.05, 0.1) is 0 Å². The number of nitrogens with zero attached hydrogens (tertiary/aromatic N) is 1. The Kier molecular flexibility index (Phi) is 5.07. The fourth-order valence-corrected chi connectivity index (χ4v) is 2.91. The van der Waals surface area contributed by atoms with Gasteiger partial charge in [-0.25, -0.2) is 0 Å².